The smallest absolute Gasteiger partial charge is 0.225 e. The molecular weight excluding hydrogens is 203 g/mol. The van der Waals surface area contributed by atoms with Crippen molar-refractivity contribution in [1.82, 2.24) is 14.8 Å². The fourth-order valence-corrected chi connectivity index (χ4v) is 1.34. The van der Waals surface area contributed by atoms with E-state index in [1.165, 1.54) is 23.7 Å². The van der Waals surface area contributed by atoms with Gasteiger partial charge < -0.3 is 5.32 Å². The van der Waals surface area contributed by atoms with Crippen molar-refractivity contribution in [1.29, 1.82) is 0 Å². The van der Waals surface area contributed by atoms with Crippen LogP contribution in [0.1, 0.15) is 5.56 Å². The van der Waals surface area contributed by atoms with Gasteiger partial charge in [-0.2, -0.15) is 0 Å². The first-order valence-electron chi connectivity index (χ1n) is 3.98. The second-order valence-electron chi connectivity index (χ2n) is 2.65. The topological polar surface area (TPSA) is 50.7 Å². The van der Waals surface area contributed by atoms with Gasteiger partial charge in [-0.05, 0) is 22.9 Å². The van der Waals surface area contributed by atoms with E-state index in [0.717, 1.165) is 5.56 Å². The molecule has 0 radical (unpaired) electrons. The molecule has 6 heteroatoms. The highest BCUT2D eigenvalue weighted by Crippen LogP contribution is 2.08. The third-order valence-corrected chi connectivity index (χ3v) is 2.21. The Hall–Kier alpha value is -1.56. The molecule has 1 N–H and O–H groups in total. The average Bonchev–Trinajstić information content (AvgIpc) is 2.70. The van der Waals surface area contributed by atoms with Crippen LogP contribution >= 0.6 is 11.5 Å². The number of nitrogens with zero attached hydrogens (tertiary/aromatic N) is 3. The van der Waals surface area contributed by atoms with Gasteiger partial charge in [0.15, 0.2) is 0 Å². The molecule has 0 fully saturated rings. The van der Waals surface area contributed by atoms with Gasteiger partial charge in [-0.25, -0.2) is 4.39 Å². The Morgan fingerprint density at radius 3 is 2.71 bits per heavy atom. The Kier molecular flexibility index (Phi) is 2.64. The lowest BCUT2D eigenvalue weighted by molar-refractivity contribution is 0.627. The molecule has 1 aromatic heterocycles. The fourth-order valence-electron chi connectivity index (χ4n) is 0.982. The number of benzene rings is 1. The van der Waals surface area contributed by atoms with Crippen molar-refractivity contribution >= 4 is 16.7 Å². The molecule has 4 nitrogen and oxygen atoms in total. The molecule has 0 aliphatic heterocycles. The van der Waals surface area contributed by atoms with Crippen LogP contribution in [0.3, 0.4) is 0 Å². The maximum Gasteiger partial charge on any atom is 0.225 e. The fraction of sp³-hybridized carbons (Fsp3) is 0.125. The van der Waals surface area contributed by atoms with E-state index in [1.54, 1.807) is 12.1 Å². The highest BCUT2D eigenvalue weighted by atomic mass is 32.1. The van der Waals surface area contributed by atoms with Gasteiger partial charge in [-0.3, -0.25) is 0 Å². The van der Waals surface area contributed by atoms with Crippen molar-refractivity contribution in [2.75, 3.05) is 5.32 Å². The van der Waals surface area contributed by atoms with Crippen LogP contribution in [-0.4, -0.2) is 14.8 Å². The Morgan fingerprint density at radius 2 is 2.07 bits per heavy atom. The van der Waals surface area contributed by atoms with Gasteiger partial charge in [0.2, 0.25) is 5.13 Å². The Labute approximate surface area is 83.9 Å². The van der Waals surface area contributed by atoms with Crippen molar-refractivity contribution in [2.24, 2.45) is 0 Å². The Balaban J connectivity index is 1.95. The Morgan fingerprint density at radius 1 is 1.29 bits per heavy atom. The summed E-state index contributed by atoms with van der Waals surface area (Å²) in [6.07, 6.45) is 0. The number of hydrogen-bond donors (Lipinski definition) is 1. The van der Waals surface area contributed by atoms with Gasteiger partial charge >= 0.3 is 0 Å². The minimum absolute atomic E-state index is 0.230. The molecule has 0 amide bonds. The SMILES string of the molecule is Fc1ccc(CNc2nnns2)cc1. The molecule has 0 atom stereocenters. The van der Waals surface area contributed by atoms with Gasteiger partial charge in [-0.15, -0.1) is 0 Å². The summed E-state index contributed by atoms with van der Waals surface area (Å²) in [6.45, 7) is 0.594. The van der Waals surface area contributed by atoms with Crippen molar-refractivity contribution in [3.63, 3.8) is 0 Å². The Bertz CT molecular complexity index is 386. The minimum Gasteiger partial charge on any atom is -0.355 e. The van der Waals surface area contributed by atoms with Crippen LogP contribution < -0.4 is 5.32 Å². The number of halogens is 1. The molecule has 1 aromatic carbocycles. The number of rotatable bonds is 3. The maximum absolute atomic E-state index is 12.5. The molecule has 14 heavy (non-hydrogen) atoms. The second-order valence-corrected chi connectivity index (χ2v) is 3.38. The van der Waals surface area contributed by atoms with Crippen molar-refractivity contribution in [3.8, 4) is 0 Å². The molecule has 1 heterocycles. The van der Waals surface area contributed by atoms with Crippen LogP contribution in [0.25, 0.3) is 0 Å². The molecule has 0 unspecified atom stereocenters. The highest BCUT2D eigenvalue weighted by molar-refractivity contribution is 7.09. The number of nitrogens with one attached hydrogen (secondary N) is 1. The number of anilines is 1. The highest BCUT2D eigenvalue weighted by Gasteiger charge is 1.97. The summed E-state index contributed by atoms with van der Waals surface area (Å²) in [7, 11) is 0. The van der Waals surface area contributed by atoms with E-state index < -0.39 is 0 Å². The summed E-state index contributed by atoms with van der Waals surface area (Å²) < 4.78 is 16.2. The molecule has 72 valence electrons. The third kappa shape index (κ3) is 2.23. The van der Waals surface area contributed by atoms with Crippen molar-refractivity contribution < 1.29 is 4.39 Å². The molecule has 0 saturated carbocycles. The van der Waals surface area contributed by atoms with Crippen LogP contribution in [0, 0.1) is 5.82 Å². The van der Waals surface area contributed by atoms with E-state index >= 15 is 0 Å². The predicted molar refractivity (Wildman–Crippen MR) is 51.4 cm³/mol. The average molecular weight is 210 g/mol. The summed E-state index contributed by atoms with van der Waals surface area (Å²) in [5.74, 6) is -0.230. The minimum atomic E-state index is -0.230. The first-order valence-corrected chi connectivity index (χ1v) is 4.75. The molecular formula is C8H7FN4S. The predicted octanol–water partition coefficient (Wildman–Crippen LogP) is 1.68. The van der Waals surface area contributed by atoms with Crippen LogP contribution in [0.15, 0.2) is 24.3 Å². The van der Waals surface area contributed by atoms with Crippen LogP contribution in [-0.2, 0) is 6.54 Å². The lowest BCUT2D eigenvalue weighted by Gasteiger charge is -2.00. The molecule has 0 saturated heterocycles. The van der Waals surface area contributed by atoms with E-state index in [4.69, 9.17) is 0 Å². The number of aromatic nitrogens is 3. The zero-order valence-corrected chi connectivity index (χ0v) is 7.96. The van der Waals surface area contributed by atoms with Crippen LogP contribution in [0.2, 0.25) is 0 Å². The van der Waals surface area contributed by atoms with E-state index in [0.29, 0.717) is 11.7 Å². The summed E-state index contributed by atoms with van der Waals surface area (Å²) in [4.78, 5) is 0. The van der Waals surface area contributed by atoms with Gasteiger partial charge in [0, 0.05) is 18.1 Å². The largest absolute Gasteiger partial charge is 0.355 e. The normalized spacial score (nSPS) is 10.1. The van der Waals surface area contributed by atoms with Gasteiger partial charge in [0.05, 0.1) is 0 Å². The maximum atomic E-state index is 12.5. The number of hydrogen-bond acceptors (Lipinski definition) is 5. The zero-order valence-electron chi connectivity index (χ0n) is 7.14. The second kappa shape index (κ2) is 4.10. The summed E-state index contributed by atoms with van der Waals surface area (Å²) >= 11 is 1.19. The van der Waals surface area contributed by atoms with Crippen molar-refractivity contribution in [3.05, 3.63) is 35.6 Å². The van der Waals surface area contributed by atoms with E-state index in [1.807, 2.05) is 0 Å². The lowest BCUT2D eigenvalue weighted by Crippen LogP contribution is -1.98. The zero-order chi connectivity index (χ0) is 9.80. The summed E-state index contributed by atoms with van der Waals surface area (Å²) in [5, 5.41) is 10.8. The molecule has 0 bridgehead atoms. The standard InChI is InChI=1S/C8H7FN4S/c9-7-3-1-6(2-4-7)5-10-8-11-12-13-14-8/h1-4H,5H2,(H,10,11,13). The van der Waals surface area contributed by atoms with Crippen LogP contribution in [0.5, 0.6) is 0 Å². The van der Waals surface area contributed by atoms with E-state index in [2.05, 4.69) is 20.1 Å². The van der Waals surface area contributed by atoms with E-state index in [-0.39, 0.29) is 5.82 Å². The molecule has 0 spiro atoms. The van der Waals surface area contributed by atoms with Gasteiger partial charge in [0.25, 0.3) is 0 Å². The molecule has 2 rings (SSSR count). The first-order chi connectivity index (χ1) is 6.84. The lowest BCUT2D eigenvalue weighted by atomic mass is 10.2. The summed E-state index contributed by atoms with van der Waals surface area (Å²) in [6, 6.07) is 6.29. The third-order valence-electron chi connectivity index (χ3n) is 1.66. The molecule has 0 aliphatic carbocycles. The monoisotopic (exact) mass is 210 g/mol. The molecule has 2 aromatic rings. The molecule has 0 aliphatic rings. The van der Waals surface area contributed by atoms with Gasteiger partial charge in [-0.1, -0.05) is 21.7 Å². The first kappa shape index (κ1) is 9.01. The van der Waals surface area contributed by atoms with Crippen LogP contribution in [0.4, 0.5) is 9.52 Å². The quantitative estimate of drug-likeness (QED) is 0.837. The van der Waals surface area contributed by atoms with Gasteiger partial charge in [0.1, 0.15) is 5.82 Å². The van der Waals surface area contributed by atoms with E-state index in [9.17, 15) is 4.39 Å². The summed E-state index contributed by atoms with van der Waals surface area (Å²) in [5.41, 5.74) is 0.988. The van der Waals surface area contributed by atoms with Crippen molar-refractivity contribution in [2.45, 2.75) is 6.54 Å².